The van der Waals surface area contributed by atoms with Crippen LogP contribution in [0.25, 0.3) is 55.0 Å². The van der Waals surface area contributed by atoms with Gasteiger partial charge in [-0.3, -0.25) is 19.7 Å². The molecule has 6 aromatic heterocycles. The first-order valence-corrected chi connectivity index (χ1v) is 48.6. The Labute approximate surface area is 759 Å². The van der Waals surface area contributed by atoms with Gasteiger partial charge in [0.1, 0.15) is 52.7 Å². The quantitative estimate of drug-likeness (QED) is 0.0189. The average molecular weight is 1930 g/mol. The Hall–Kier alpha value is -9.60. The molecule has 0 bridgehead atoms. The number of nitriles is 3. The fourth-order valence-electron chi connectivity index (χ4n) is 13.5. The molecule has 0 aliphatic carbocycles. The molecule has 0 radical (unpaired) electrons. The van der Waals surface area contributed by atoms with Crippen molar-refractivity contribution in [2.45, 2.75) is 135 Å². The van der Waals surface area contributed by atoms with Crippen molar-refractivity contribution >= 4 is 177 Å². The van der Waals surface area contributed by atoms with Gasteiger partial charge in [-0.15, -0.1) is 12.4 Å². The van der Waals surface area contributed by atoms with Gasteiger partial charge in [0.15, 0.2) is 17.8 Å². The number of rotatable bonds is 35. The molecule has 0 aliphatic rings. The zero-order chi connectivity index (χ0) is 86.7. The van der Waals surface area contributed by atoms with Crippen LogP contribution in [0.2, 0.25) is 43.4 Å². The van der Waals surface area contributed by atoms with E-state index in [1.807, 2.05) is 65.0 Å². The Bertz CT molecular complexity index is 5640. The maximum Gasteiger partial charge on any atom is 0.217 e. The molecule has 23 nitrogen and oxygen atoms in total. The molecule has 0 amide bonds. The maximum absolute atomic E-state index is 11.0. The van der Waals surface area contributed by atoms with E-state index in [1.165, 1.54) is 105 Å². The van der Waals surface area contributed by atoms with Crippen LogP contribution in [0.5, 0.6) is 34.5 Å². The Kier molecular flexibility index (Phi) is 41.4. The maximum atomic E-state index is 11.0. The number of aldehydes is 1. The van der Waals surface area contributed by atoms with Crippen molar-refractivity contribution in [2.75, 3.05) is 85.0 Å². The van der Waals surface area contributed by atoms with E-state index in [2.05, 4.69) is 82.2 Å². The van der Waals surface area contributed by atoms with Crippen LogP contribution in [0.3, 0.4) is 0 Å². The predicted molar refractivity (Wildman–Crippen MR) is 499 cm³/mol. The Balaban J connectivity index is 0.000000255. The molecular weight excluding hydrogens is 1820 g/mol. The molecule has 0 aliphatic heterocycles. The van der Waals surface area contributed by atoms with Crippen molar-refractivity contribution < 1.29 is 65.4 Å². The third kappa shape index (κ3) is 25.1. The minimum atomic E-state index is -2.41. The second kappa shape index (κ2) is 49.8. The van der Waals surface area contributed by atoms with Crippen LogP contribution in [0.15, 0.2) is 142 Å². The number of pyridine rings is 3. The molecule has 0 atom stereocenters. The fraction of sp³-hybridized carbons (Fsp3) is 0.337. The van der Waals surface area contributed by atoms with Crippen molar-refractivity contribution in [3.63, 3.8) is 0 Å². The minimum absolute atomic E-state index is 0. The molecule has 0 spiro atoms. The molecule has 0 saturated carbocycles. The van der Waals surface area contributed by atoms with Gasteiger partial charge in [0, 0.05) is 88.4 Å². The van der Waals surface area contributed by atoms with E-state index in [4.69, 9.17) is 130 Å². The van der Waals surface area contributed by atoms with Crippen LogP contribution >= 0.6 is 82.0 Å². The first kappa shape index (κ1) is 102. The van der Waals surface area contributed by atoms with Crippen molar-refractivity contribution in [3.8, 4) is 75.0 Å². The SMILES string of the molecule is C.C.CCC[CH2][Sn]([CH2]CCC)([CH2]CCC)[c]1coc(C(OCC)OCC)c1.CCOC(OCC)c1cc(-c2cc3ncc(C#N)c(Nc4cc(OC)c(Cl)cc4Cl)c3cc2OC)co1.COc1cc(Nc2c(C#N)cnc3cc(-c4coc(C=O)c4)c(OC)cc23)c(Cl)cc1Cl.COc1cc2c(Nc3cc(OC)c(Cl)cc3Cl)c(C#N)cnc2cc1C.Cl. The summed E-state index contributed by atoms with van der Waals surface area (Å²) >= 11 is 35.1. The molecule has 31 heteroatoms. The number of ether oxygens (including phenoxy) is 10. The fourth-order valence-corrected chi connectivity index (χ4v) is 30.6. The van der Waals surface area contributed by atoms with Gasteiger partial charge in [0.2, 0.25) is 6.29 Å². The molecular formula is C92H104Cl7N9O14Sn. The van der Waals surface area contributed by atoms with Gasteiger partial charge >= 0.3 is 160 Å². The summed E-state index contributed by atoms with van der Waals surface area (Å²) in [6, 6.07) is 33.0. The largest absolute Gasteiger partial charge is 0.496 e. The van der Waals surface area contributed by atoms with E-state index in [-0.39, 0.29) is 39.3 Å². The van der Waals surface area contributed by atoms with Gasteiger partial charge in [-0.05, 0) is 93.1 Å². The van der Waals surface area contributed by atoms with E-state index in [9.17, 15) is 20.6 Å². The zero-order valence-electron chi connectivity index (χ0n) is 69.6. The van der Waals surface area contributed by atoms with Gasteiger partial charge in [0.25, 0.3) is 0 Å². The van der Waals surface area contributed by atoms with E-state index in [0.717, 1.165) is 33.4 Å². The van der Waals surface area contributed by atoms with Crippen molar-refractivity contribution in [1.82, 2.24) is 15.0 Å². The summed E-state index contributed by atoms with van der Waals surface area (Å²) in [5.41, 5.74) is 9.99. The van der Waals surface area contributed by atoms with E-state index >= 15 is 0 Å². The van der Waals surface area contributed by atoms with Crippen LogP contribution in [0.4, 0.5) is 34.1 Å². The molecule has 6 heterocycles. The van der Waals surface area contributed by atoms with Crippen LogP contribution in [-0.2, 0) is 18.9 Å². The molecule has 654 valence electrons. The molecule has 12 rings (SSSR count). The van der Waals surface area contributed by atoms with Crippen molar-refractivity contribution in [3.05, 3.63) is 198 Å². The van der Waals surface area contributed by atoms with Crippen molar-refractivity contribution in [1.29, 1.82) is 15.8 Å². The van der Waals surface area contributed by atoms with Crippen LogP contribution < -0.4 is 48.0 Å². The first-order chi connectivity index (χ1) is 58.1. The normalized spacial score (nSPS) is 10.8. The number of unbranched alkanes of at least 4 members (excludes halogenated alkanes) is 3. The van der Waals surface area contributed by atoms with Gasteiger partial charge in [-0.1, -0.05) is 84.5 Å². The summed E-state index contributed by atoms with van der Waals surface area (Å²) < 4.78 is 78.2. The van der Waals surface area contributed by atoms with E-state index in [1.54, 1.807) is 78.7 Å². The monoisotopic (exact) mass is 1920 g/mol. The standard InChI is InChI=1S/C27H25Cl2N3O5.C23H15Cl2N3O4.C19H15Cl2N3O2.C9H13O3.3C4H9.2CH4.ClH.Sn/c1-5-35-27(36-6-2)25-7-15(14-37-25)17-8-21-18(9-23(17)33-3)26(16(12-30)13-31-21)32-22-11-24(34-4)20(29)10-19(22)28;1-30-21-5-16-19(4-15(21)12-3-14(10-29)32-11-12)27-9-13(8-26)23(16)28-20-7-22(31-2)18(25)6-17(20)24;1-10-4-15-12(5-17(10)25-2)19(11(8-22)9-23-15)24-16-7-18(26-3)14(21)6-13(16)20;1-3-10-9(11-4-2)8-6-5-7-12-8;3*1-3-4-2;;;;/h7-11,13-14,27H,5-6H2,1-4H3,(H,31,32);3-7,9-11H,1-2H3,(H,27,28);4-7,9H,1-3H3,(H,23,24);6-7,9H,3-4H2,1-2H3;3*1,3-4H2,2H3;2*1H4;1H;. The Morgan fingerprint density at radius 3 is 1.09 bits per heavy atom. The smallest absolute Gasteiger partial charge is 0.217 e. The van der Waals surface area contributed by atoms with Gasteiger partial charge < -0.3 is 62.7 Å². The number of benzene rings is 6. The summed E-state index contributed by atoms with van der Waals surface area (Å²) in [6.45, 7) is 18.9. The Morgan fingerprint density at radius 1 is 0.423 bits per heavy atom. The summed E-state index contributed by atoms with van der Waals surface area (Å²) in [6.07, 6.45) is 17.3. The number of aromatic nitrogens is 3. The Morgan fingerprint density at radius 2 is 0.756 bits per heavy atom. The molecule has 0 fully saturated rings. The second-order valence-electron chi connectivity index (χ2n) is 27.1. The number of hydrogen-bond acceptors (Lipinski definition) is 23. The minimum Gasteiger partial charge on any atom is -0.496 e. The number of aryl methyl sites for hydroxylation is 1. The molecule has 0 saturated heterocycles. The molecule has 12 aromatic rings. The molecule has 123 heavy (non-hydrogen) atoms. The third-order valence-corrected chi connectivity index (χ3v) is 36.9. The van der Waals surface area contributed by atoms with Crippen LogP contribution in [-0.4, -0.2) is 109 Å². The molecule has 0 unspecified atom stereocenters. The third-order valence-electron chi connectivity index (χ3n) is 19.6. The predicted octanol–water partition coefficient (Wildman–Crippen LogP) is 27.3. The van der Waals surface area contributed by atoms with E-state index in [0.29, 0.717) is 187 Å². The number of methoxy groups -OCH3 is 6. The van der Waals surface area contributed by atoms with Crippen LogP contribution in [0, 0.1) is 40.9 Å². The number of nitrogens with zero attached hydrogens (tertiary/aromatic N) is 6. The van der Waals surface area contributed by atoms with Gasteiger partial charge in [-0.2, -0.15) is 15.8 Å². The molecule has 3 N–H and O–H groups in total. The van der Waals surface area contributed by atoms with Gasteiger partial charge in [-0.25, -0.2) is 0 Å². The number of halogens is 7. The number of fused-ring (bicyclic) bond motifs is 3. The summed E-state index contributed by atoms with van der Waals surface area (Å²) in [5.74, 6) is 4.73. The average Bonchev–Trinajstić information content (AvgIpc) is 1.70. The topological polar surface area (TPSA) is 295 Å². The summed E-state index contributed by atoms with van der Waals surface area (Å²) in [4.78, 5) is 24.3. The van der Waals surface area contributed by atoms with Crippen molar-refractivity contribution in [2.24, 2.45) is 0 Å². The van der Waals surface area contributed by atoms with Gasteiger partial charge in [0.05, 0.1) is 153 Å². The summed E-state index contributed by atoms with van der Waals surface area (Å²) in [7, 11) is 9.24. The van der Waals surface area contributed by atoms with Crippen LogP contribution in [0.1, 0.15) is 159 Å². The molecule has 6 aromatic carbocycles. The second-order valence-corrected chi connectivity index (χ2v) is 42.8. The first-order valence-electron chi connectivity index (χ1n) is 38.8. The number of hydrogen-bond donors (Lipinski definition) is 3. The number of furan rings is 3. The zero-order valence-corrected chi connectivity index (χ0v) is 77.8. The number of nitrogens with one attached hydrogen (secondary N) is 3. The summed E-state index contributed by atoms with van der Waals surface area (Å²) in [5, 5.41) is 43.0. The van der Waals surface area contributed by atoms with E-state index < -0.39 is 24.7 Å². The number of anilines is 6. The number of carbonyl (C=O) groups is 1. The number of carbonyl (C=O) groups excluding carboxylic acids is 1.